The van der Waals surface area contributed by atoms with Gasteiger partial charge in [-0.2, -0.15) is 0 Å². The van der Waals surface area contributed by atoms with E-state index < -0.39 is 6.03 Å². The van der Waals surface area contributed by atoms with Crippen molar-refractivity contribution in [1.82, 2.24) is 10.2 Å². The zero-order valence-corrected chi connectivity index (χ0v) is 15.5. The summed E-state index contributed by atoms with van der Waals surface area (Å²) in [6.07, 6.45) is 0. The first-order chi connectivity index (χ1) is 13.0. The summed E-state index contributed by atoms with van der Waals surface area (Å²) in [5.41, 5.74) is 7.23. The van der Waals surface area contributed by atoms with Crippen molar-refractivity contribution < 1.29 is 14.4 Å². The maximum atomic E-state index is 12.6. The largest absolute Gasteiger partial charge is 0.352 e. The van der Waals surface area contributed by atoms with Gasteiger partial charge in [0.1, 0.15) is 0 Å². The van der Waals surface area contributed by atoms with Gasteiger partial charge in [-0.1, -0.05) is 24.3 Å². The van der Waals surface area contributed by atoms with Crippen LogP contribution in [0.15, 0.2) is 48.5 Å². The highest BCUT2D eigenvalue weighted by atomic mass is 16.2. The van der Waals surface area contributed by atoms with Crippen LogP contribution >= 0.6 is 0 Å². The summed E-state index contributed by atoms with van der Waals surface area (Å²) < 4.78 is 0. The van der Waals surface area contributed by atoms with Crippen molar-refractivity contribution in [3.05, 3.63) is 65.2 Å². The van der Waals surface area contributed by atoms with Crippen LogP contribution < -0.4 is 16.4 Å². The van der Waals surface area contributed by atoms with E-state index in [1.807, 2.05) is 13.8 Å². The number of nitrogens with zero attached hydrogens (tertiary/aromatic N) is 1. The number of primary amides is 1. The Hall–Kier alpha value is -3.35. The summed E-state index contributed by atoms with van der Waals surface area (Å²) in [5, 5.41) is 5.29. The number of hydrogen-bond donors (Lipinski definition) is 3. The lowest BCUT2D eigenvalue weighted by molar-refractivity contribution is 0.0774. The molecular formula is C20H24N4O3. The molecule has 0 aliphatic rings. The number of rotatable bonds is 7. The lowest BCUT2D eigenvalue weighted by Gasteiger charge is -2.20. The van der Waals surface area contributed by atoms with Crippen molar-refractivity contribution in [2.24, 2.45) is 5.73 Å². The summed E-state index contributed by atoms with van der Waals surface area (Å²) in [6.45, 7) is 5.31. The minimum absolute atomic E-state index is 0.122. The molecule has 0 aliphatic heterocycles. The van der Waals surface area contributed by atoms with E-state index in [4.69, 9.17) is 5.73 Å². The molecule has 2 aromatic carbocycles. The summed E-state index contributed by atoms with van der Waals surface area (Å²) in [4.78, 5) is 37.6. The second-order valence-electron chi connectivity index (χ2n) is 5.89. The normalized spacial score (nSPS) is 10.1. The van der Waals surface area contributed by atoms with Crippen molar-refractivity contribution in [3.8, 4) is 0 Å². The Kier molecular flexibility index (Phi) is 6.93. The van der Waals surface area contributed by atoms with Gasteiger partial charge in [-0.25, -0.2) is 4.79 Å². The average molecular weight is 368 g/mol. The molecule has 0 atom stereocenters. The van der Waals surface area contributed by atoms with Crippen LogP contribution in [0, 0.1) is 0 Å². The Morgan fingerprint density at radius 2 is 1.59 bits per heavy atom. The summed E-state index contributed by atoms with van der Waals surface area (Å²) in [5.74, 6) is -0.437. The van der Waals surface area contributed by atoms with E-state index in [0.717, 1.165) is 5.56 Å². The molecule has 0 radical (unpaired) electrons. The standard InChI is InChI=1S/C20H24N4O3/c1-3-24(4-2)19(26)16-7-5-6-8-17(16)23-18(25)15-11-9-14(10-12-15)13-22-20(21)27/h5-12H,3-4,13H2,1-2H3,(H,23,25)(H3,21,22,27). The van der Waals surface area contributed by atoms with E-state index in [-0.39, 0.29) is 11.8 Å². The fourth-order valence-electron chi connectivity index (χ4n) is 2.62. The second kappa shape index (κ2) is 9.38. The number of nitrogens with one attached hydrogen (secondary N) is 2. The molecule has 0 saturated heterocycles. The van der Waals surface area contributed by atoms with Crippen molar-refractivity contribution in [1.29, 1.82) is 0 Å². The second-order valence-corrected chi connectivity index (χ2v) is 5.89. The van der Waals surface area contributed by atoms with Gasteiger partial charge in [0.15, 0.2) is 0 Å². The number of amides is 4. The Balaban J connectivity index is 2.14. The molecule has 7 nitrogen and oxygen atoms in total. The van der Waals surface area contributed by atoms with Gasteiger partial charge in [-0.15, -0.1) is 0 Å². The Labute approximate surface area is 158 Å². The summed E-state index contributed by atoms with van der Waals surface area (Å²) in [6, 6.07) is 13.1. The van der Waals surface area contributed by atoms with Gasteiger partial charge < -0.3 is 21.3 Å². The quantitative estimate of drug-likeness (QED) is 0.699. The molecule has 0 saturated carbocycles. The van der Waals surface area contributed by atoms with E-state index in [1.165, 1.54) is 0 Å². The lowest BCUT2D eigenvalue weighted by Crippen LogP contribution is -2.31. The van der Waals surface area contributed by atoms with Crippen LogP contribution in [0.5, 0.6) is 0 Å². The summed E-state index contributed by atoms with van der Waals surface area (Å²) >= 11 is 0. The SMILES string of the molecule is CCN(CC)C(=O)c1ccccc1NC(=O)c1ccc(CNC(N)=O)cc1. The smallest absolute Gasteiger partial charge is 0.312 e. The maximum absolute atomic E-state index is 12.6. The molecule has 4 amide bonds. The Bertz CT molecular complexity index is 814. The van der Waals surface area contributed by atoms with E-state index in [9.17, 15) is 14.4 Å². The third-order valence-corrected chi connectivity index (χ3v) is 4.14. The van der Waals surface area contributed by atoms with Gasteiger partial charge in [0.2, 0.25) is 0 Å². The fourth-order valence-corrected chi connectivity index (χ4v) is 2.62. The van der Waals surface area contributed by atoms with Gasteiger partial charge in [-0.3, -0.25) is 9.59 Å². The monoisotopic (exact) mass is 368 g/mol. The zero-order valence-electron chi connectivity index (χ0n) is 15.5. The number of urea groups is 1. The van der Waals surface area contributed by atoms with E-state index in [1.54, 1.807) is 53.4 Å². The van der Waals surface area contributed by atoms with Crippen LogP contribution in [-0.4, -0.2) is 35.8 Å². The molecule has 27 heavy (non-hydrogen) atoms. The first kappa shape index (κ1) is 20.0. The molecule has 0 aromatic heterocycles. The van der Waals surface area contributed by atoms with E-state index in [2.05, 4.69) is 10.6 Å². The van der Waals surface area contributed by atoms with Crippen LogP contribution in [0.4, 0.5) is 10.5 Å². The zero-order chi connectivity index (χ0) is 19.8. The molecule has 0 fully saturated rings. The summed E-state index contributed by atoms with van der Waals surface area (Å²) in [7, 11) is 0. The van der Waals surface area contributed by atoms with Crippen LogP contribution in [-0.2, 0) is 6.54 Å². The van der Waals surface area contributed by atoms with Crippen molar-refractivity contribution in [2.75, 3.05) is 18.4 Å². The number of para-hydroxylation sites is 1. The van der Waals surface area contributed by atoms with Gasteiger partial charge in [0.25, 0.3) is 11.8 Å². The number of carbonyl (C=O) groups excluding carboxylic acids is 3. The van der Waals surface area contributed by atoms with E-state index in [0.29, 0.717) is 36.4 Å². The molecule has 0 bridgehead atoms. The van der Waals surface area contributed by atoms with Crippen molar-refractivity contribution >= 4 is 23.5 Å². The molecule has 7 heteroatoms. The van der Waals surface area contributed by atoms with Crippen molar-refractivity contribution in [2.45, 2.75) is 20.4 Å². The van der Waals surface area contributed by atoms with Crippen LogP contribution in [0.25, 0.3) is 0 Å². The highest BCUT2D eigenvalue weighted by Gasteiger charge is 2.17. The molecular weight excluding hydrogens is 344 g/mol. The predicted octanol–water partition coefficient (Wildman–Crippen LogP) is 2.59. The Morgan fingerprint density at radius 3 is 2.19 bits per heavy atom. The number of nitrogens with two attached hydrogens (primary N) is 1. The van der Waals surface area contributed by atoms with E-state index >= 15 is 0 Å². The topological polar surface area (TPSA) is 105 Å². The Morgan fingerprint density at radius 1 is 0.963 bits per heavy atom. The first-order valence-electron chi connectivity index (χ1n) is 8.78. The van der Waals surface area contributed by atoms with Gasteiger partial charge >= 0.3 is 6.03 Å². The van der Waals surface area contributed by atoms with Crippen LogP contribution in [0.3, 0.4) is 0 Å². The molecule has 4 N–H and O–H groups in total. The highest BCUT2D eigenvalue weighted by Crippen LogP contribution is 2.18. The third kappa shape index (κ3) is 5.31. The lowest BCUT2D eigenvalue weighted by atomic mass is 10.1. The molecule has 142 valence electrons. The van der Waals surface area contributed by atoms with Gasteiger partial charge in [0, 0.05) is 25.2 Å². The van der Waals surface area contributed by atoms with Crippen molar-refractivity contribution in [3.63, 3.8) is 0 Å². The molecule has 0 unspecified atom stereocenters. The molecule has 0 spiro atoms. The molecule has 2 aromatic rings. The average Bonchev–Trinajstić information content (AvgIpc) is 2.68. The first-order valence-corrected chi connectivity index (χ1v) is 8.78. The fraction of sp³-hybridized carbons (Fsp3) is 0.250. The number of carbonyl (C=O) groups is 3. The molecule has 2 rings (SSSR count). The van der Waals surface area contributed by atoms with Gasteiger partial charge in [-0.05, 0) is 43.7 Å². The predicted molar refractivity (Wildman–Crippen MR) is 105 cm³/mol. The molecule has 0 aliphatic carbocycles. The third-order valence-electron chi connectivity index (χ3n) is 4.14. The minimum Gasteiger partial charge on any atom is -0.352 e. The van der Waals surface area contributed by atoms with Crippen LogP contribution in [0.1, 0.15) is 40.1 Å². The van der Waals surface area contributed by atoms with Gasteiger partial charge in [0.05, 0.1) is 11.3 Å². The highest BCUT2D eigenvalue weighted by molar-refractivity contribution is 6.09. The maximum Gasteiger partial charge on any atom is 0.312 e. The molecule has 0 heterocycles. The van der Waals surface area contributed by atoms with Crippen LogP contribution in [0.2, 0.25) is 0 Å². The number of benzene rings is 2. The number of anilines is 1. The number of hydrogen-bond acceptors (Lipinski definition) is 3. The minimum atomic E-state index is -0.605.